The molecule has 2 aliphatic heterocycles. The lowest BCUT2D eigenvalue weighted by molar-refractivity contribution is -0.136. The van der Waals surface area contributed by atoms with Crippen molar-refractivity contribution in [2.75, 3.05) is 46.8 Å². The molecule has 0 bridgehead atoms. The van der Waals surface area contributed by atoms with Crippen LogP contribution in [0.2, 0.25) is 0 Å². The molecule has 2 rings (SSSR count). The van der Waals surface area contributed by atoms with Crippen LogP contribution in [0.1, 0.15) is 45.4 Å². The van der Waals surface area contributed by atoms with Gasteiger partial charge in [0.25, 0.3) is 0 Å². The standard InChI is InChI=1S/C17H33N3O/c1-15-6-4-5-10-20(15)17(21)14-19-12-8-16(9-13-19)7-11-18(2)3/h15-16H,4-14H2,1-3H3/t15-/m1/s1. The zero-order valence-corrected chi connectivity index (χ0v) is 14.2. The molecule has 4 nitrogen and oxygen atoms in total. The Morgan fingerprint density at radius 1 is 1.10 bits per heavy atom. The Bertz CT molecular complexity index is 324. The van der Waals surface area contributed by atoms with Gasteiger partial charge in [-0.25, -0.2) is 0 Å². The molecule has 0 aromatic heterocycles. The van der Waals surface area contributed by atoms with Crippen LogP contribution in [0, 0.1) is 5.92 Å². The van der Waals surface area contributed by atoms with Crippen molar-refractivity contribution in [2.24, 2.45) is 5.92 Å². The minimum absolute atomic E-state index is 0.356. The van der Waals surface area contributed by atoms with E-state index < -0.39 is 0 Å². The van der Waals surface area contributed by atoms with Gasteiger partial charge in [-0.3, -0.25) is 9.69 Å². The van der Waals surface area contributed by atoms with Crippen LogP contribution in [0.5, 0.6) is 0 Å². The molecule has 0 aromatic carbocycles. The number of hydrogen-bond donors (Lipinski definition) is 0. The van der Waals surface area contributed by atoms with Crippen LogP contribution in [0.15, 0.2) is 0 Å². The second-order valence-electron chi connectivity index (χ2n) is 7.24. The van der Waals surface area contributed by atoms with Crippen molar-refractivity contribution >= 4 is 5.91 Å². The van der Waals surface area contributed by atoms with Crippen molar-refractivity contribution in [1.82, 2.24) is 14.7 Å². The van der Waals surface area contributed by atoms with Gasteiger partial charge < -0.3 is 9.80 Å². The average molecular weight is 295 g/mol. The third kappa shape index (κ3) is 5.26. The van der Waals surface area contributed by atoms with Gasteiger partial charge in [-0.2, -0.15) is 0 Å². The zero-order valence-electron chi connectivity index (χ0n) is 14.2. The van der Waals surface area contributed by atoms with Gasteiger partial charge in [-0.05, 0) is 85.1 Å². The molecule has 0 saturated carbocycles. The summed E-state index contributed by atoms with van der Waals surface area (Å²) in [4.78, 5) is 19.2. The fourth-order valence-corrected chi connectivity index (χ4v) is 3.62. The highest BCUT2D eigenvalue weighted by atomic mass is 16.2. The Balaban J connectivity index is 1.69. The van der Waals surface area contributed by atoms with Crippen molar-refractivity contribution in [3.05, 3.63) is 0 Å². The molecule has 2 saturated heterocycles. The van der Waals surface area contributed by atoms with Crippen LogP contribution in [0.25, 0.3) is 0 Å². The van der Waals surface area contributed by atoms with E-state index in [1.807, 2.05) is 0 Å². The first-order valence-electron chi connectivity index (χ1n) is 8.73. The number of carbonyl (C=O) groups is 1. The third-order valence-electron chi connectivity index (χ3n) is 5.17. The van der Waals surface area contributed by atoms with Crippen LogP contribution in [-0.2, 0) is 4.79 Å². The van der Waals surface area contributed by atoms with Crippen molar-refractivity contribution in [1.29, 1.82) is 0 Å². The molecule has 122 valence electrons. The van der Waals surface area contributed by atoms with Gasteiger partial charge in [0.1, 0.15) is 0 Å². The molecule has 0 spiro atoms. The molecule has 0 unspecified atom stereocenters. The maximum Gasteiger partial charge on any atom is 0.236 e. The van der Waals surface area contributed by atoms with Crippen molar-refractivity contribution in [3.8, 4) is 0 Å². The quantitative estimate of drug-likeness (QED) is 0.777. The number of carbonyl (C=O) groups excluding carboxylic acids is 1. The third-order valence-corrected chi connectivity index (χ3v) is 5.17. The van der Waals surface area contributed by atoms with E-state index in [2.05, 4.69) is 35.7 Å². The van der Waals surface area contributed by atoms with Gasteiger partial charge in [0.2, 0.25) is 5.91 Å². The first-order valence-corrected chi connectivity index (χ1v) is 8.73. The molecule has 21 heavy (non-hydrogen) atoms. The summed E-state index contributed by atoms with van der Waals surface area (Å²) < 4.78 is 0. The molecule has 2 fully saturated rings. The molecule has 4 heteroatoms. The Morgan fingerprint density at radius 2 is 1.81 bits per heavy atom. The molecular weight excluding hydrogens is 262 g/mol. The van der Waals surface area contributed by atoms with E-state index in [9.17, 15) is 4.79 Å². The van der Waals surface area contributed by atoms with E-state index >= 15 is 0 Å². The van der Waals surface area contributed by atoms with E-state index in [4.69, 9.17) is 0 Å². The largest absolute Gasteiger partial charge is 0.339 e. The molecular formula is C17H33N3O. The van der Waals surface area contributed by atoms with E-state index in [-0.39, 0.29) is 0 Å². The summed E-state index contributed by atoms with van der Waals surface area (Å²) in [7, 11) is 4.29. The van der Waals surface area contributed by atoms with Crippen molar-refractivity contribution < 1.29 is 4.79 Å². The van der Waals surface area contributed by atoms with Crippen LogP contribution >= 0.6 is 0 Å². The van der Waals surface area contributed by atoms with Gasteiger partial charge in [-0.15, -0.1) is 0 Å². The Morgan fingerprint density at radius 3 is 2.43 bits per heavy atom. The topological polar surface area (TPSA) is 26.8 Å². The Kier molecular flexibility index (Phi) is 6.49. The van der Waals surface area contributed by atoms with Crippen LogP contribution in [0.4, 0.5) is 0 Å². The number of hydrogen-bond acceptors (Lipinski definition) is 3. The van der Waals surface area contributed by atoms with Crippen molar-refractivity contribution in [3.63, 3.8) is 0 Å². The SMILES string of the molecule is C[C@@H]1CCCCN1C(=O)CN1CCC(CCN(C)C)CC1. The molecule has 0 aromatic rings. The van der Waals surface area contributed by atoms with Gasteiger partial charge in [0.15, 0.2) is 0 Å². The molecule has 0 aliphatic carbocycles. The second kappa shape index (κ2) is 8.14. The number of rotatable bonds is 5. The molecule has 1 atom stereocenters. The normalized spacial score (nSPS) is 25.5. The average Bonchev–Trinajstić information content (AvgIpc) is 2.47. The number of amides is 1. The van der Waals surface area contributed by atoms with E-state index in [1.54, 1.807) is 0 Å². The summed E-state index contributed by atoms with van der Waals surface area (Å²) in [5.74, 6) is 1.21. The fourth-order valence-electron chi connectivity index (χ4n) is 3.62. The minimum atomic E-state index is 0.356. The van der Waals surface area contributed by atoms with E-state index in [0.29, 0.717) is 18.5 Å². The lowest BCUT2D eigenvalue weighted by atomic mass is 9.93. The summed E-state index contributed by atoms with van der Waals surface area (Å²) in [6.07, 6.45) is 7.47. The van der Waals surface area contributed by atoms with Gasteiger partial charge >= 0.3 is 0 Å². The molecule has 2 heterocycles. The number of piperidine rings is 2. The monoisotopic (exact) mass is 295 g/mol. The van der Waals surface area contributed by atoms with Gasteiger partial charge in [-0.1, -0.05) is 0 Å². The summed E-state index contributed by atoms with van der Waals surface area (Å²) in [6.45, 7) is 7.21. The van der Waals surface area contributed by atoms with Gasteiger partial charge in [0, 0.05) is 12.6 Å². The number of nitrogens with zero attached hydrogens (tertiary/aromatic N) is 3. The molecule has 0 radical (unpaired) electrons. The highest BCUT2D eigenvalue weighted by Crippen LogP contribution is 2.21. The summed E-state index contributed by atoms with van der Waals surface area (Å²) >= 11 is 0. The maximum atomic E-state index is 12.5. The second-order valence-corrected chi connectivity index (χ2v) is 7.24. The van der Waals surface area contributed by atoms with Crippen LogP contribution in [-0.4, -0.2) is 73.5 Å². The van der Waals surface area contributed by atoms with E-state index in [1.165, 1.54) is 45.1 Å². The fraction of sp³-hybridized carbons (Fsp3) is 0.941. The highest BCUT2D eigenvalue weighted by molar-refractivity contribution is 5.78. The molecule has 0 N–H and O–H groups in total. The predicted molar refractivity (Wildman–Crippen MR) is 87.4 cm³/mol. The lowest BCUT2D eigenvalue weighted by Gasteiger charge is -2.37. The summed E-state index contributed by atoms with van der Waals surface area (Å²) in [5.41, 5.74) is 0. The molecule has 2 aliphatic rings. The first kappa shape index (κ1) is 16.8. The van der Waals surface area contributed by atoms with Gasteiger partial charge in [0.05, 0.1) is 6.54 Å². The van der Waals surface area contributed by atoms with Crippen LogP contribution < -0.4 is 0 Å². The Hall–Kier alpha value is -0.610. The summed E-state index contributed by atoms with van der Waals surface area (Å²) in [6, 6.07) is 0.448. The van der Waals surface area contributed by atoms with E-state index in [0.717, 1.165) is 25.6 Å². The smallest absolute Gasteiger partial charge is 0.236 e. The zero-order chi connectivity index (χ0) is 15.2. The summed E-state index contributed by atoms with van der Waals surface area (Å²) in [5, 5.41) is 0. The molecule has 1 amide bonds. The maximum absolute atomic E-state index is 12.5. The number of likely N-dealkylation sites (tertiary alicyclic amines) is 2. The predicted octanol–water partition coefficient (Wildman–Crippen LogP) is 2.05. The lowest BCUT2D eigenvalue weighted by Crippen LogP contribution is -2.48. The highest BCUT2D eigenvalue weighted by Gasteiger charge is 2.26. The minimum Gasteiger partial charge on any atom is -0.339 e. The first-order chi connectivity index (χ1) is 10.1. The van der Waals surface area contributed by atoms with Crippen LogP contribution in [0.3, 0.4) is 0 Å². The Labute approximate surface area is 130 Å². The van der Waals surface area contributed by atoms with Crippen molar-refractivity contribution in [2.45, 2.75) is 51.5 Å².